The summed E-state index contributed by atoms with van der Waals surface area (Å²) < 4.78 is 35.1. The first-order valence-electron chi connectivity index (χ1n) is 28.3. The highest BCUT2D eigenvalue weighted by Gasteiger charge is 2.52. The fourth-order valence-corrected chi connectivity index (χ4v) is 11.2. The molecule has 12 N–H and O–H groups in total. The standard InChI is InChI=1S/C62H69N7O18/c1-32(64)57(76)68-42(24-34-10-5-4-6-11-34)59(78)67-41(13-7-8-23-63)58(77)65-37-19-15-35(16-20-37)29-83-60(79)66-38-21-17-36(18-22-38)30-84-61(80)69-31-85-56-33(2)86-47(25-43(56)69)87-45-27-62(81,46(71)28-70)26-40-49(45)55(75)51-50(53(40)73)52(72)39-12-9-14-44(82-3)48(39)54(51)74/h4-6,9-12,14-22,32-33,41-43,45,47,56,70,73,75,81H,7-8,13,23-31,63-64H2,1-3H3,(H,65,77)(H,66,79)(H,67,78)(H,68,76)/t32-,33+,41+,42+,43+,45+,47+,56+,62+/m1/s1. The van der Waals surface area contributed by atoms with Crippen LogP contribution in [0.3, 0.4) is 0 Å². The van der Waals surface area contributed by atoms with Crippen molar-refractivity contribution >= 4 is 58.6 Å². The van der Waals surface area contributed by atoms with Crippen LogP contribution in [-0.2, 0) is 68.9 Å². The minimum atomic E-state index is -2.37. The highest BCUT2D eigenvalue weighted by Crippen LogP contribution is 2.53. The molecule has 0 unspecified atom stereocenters. The van der Waals surface area contributed by atoms with E-state index in [1.807, 2.05) is 30.3 Å². The number of Topliss-reactive ketones (excluding diaryl/α,β-unsaturated/α-hetero) is 1. The Morgan fingerprint density at radius 3 is 2.08 bits per heavy atom. The van der Waals surface area contributed by atoms with Gasteiger partial charge in [-0.2, -0.15) is 0 Å². The zero-order chi connectivity index (χ0) is 62.3. The van der Waals surface area contributed by atoms with Gasteiger partial charge in [0.05, 0.1) is 48.1 Å². The average Bonchev–Trinajstić information content (AvgIpc) is 1.11. The number of nitrogens with one attached hydrogen (secondary N) is 4. The summed E-state index contributed by atoms with van der Waals surface area (Å²) in [7, 11) is 1.30. The third-order valence-electron chi connectivity index (χ3n) is 15.8. The Hall–Kier alpha value is -8.82. The molecular formula is C62H69N7O18. The van der Waals surface area contributed by atoms with Gasteiger partial charge < -0.3 is 76.3 Å². The summed E-state index contributed by atoms with van der Waals surface area (Å²) in [5.41, 5.74) is 10.1. The van der Waals surface area contributed by atoms with E-state index in [1.54, 1.807) is 55.5 Å². The van der Waals surface area contributed by atoms with E-state index < -0.39 is 144 Å². The van der Waals surface area contributed by atoms with E-state index in [4.69, 9.17) is 39.9 Å². The van der Waals surface area contributed by atoms with Gasteiger partial charge >= 0.3 is 12.2 Å². The van der Waals surface area contributed by atoms with Crippen LogP contribution in [0.15, 0.2) is 97.1 Å². The number of ether oxygens (including phenoxy) is 6. The molecule has 2 aliphatic carbocycles. The molecule has 2 aliphatic heterocycles. The Bertz CT molecular complexity index is 3420. The fraction of sp³-hybridized carbons (Fsp3) is 0.387. The number of hydrogen-bond donors (Lipinski definition) is 10. The number of nitrogens with zero attached hydrogens (tertiary/aromatic N) is 1. The largest absolute Gasteiger partial charge is 0.507 e. The maximum atomic E-state index is 14.1. The molecule has 0 aromatic heterocycles. The number of aliphatic hydroxyl groups is 2. The van der Waals surface area contributed by atoms with Gasteiger partial charge in [0.15, 0.2) is 17.9 Å². The second-order valence-electron chi connectivity index (χ2n) is 21.8. The fourth-order valence-electron chi connectivity index (χ4n) is 11.2. The molecule has 87 heavy (non-hydrogen) atoms. The number of carbonyl (C=O) groups is 8. The second-order valence-corrected chi connectivity index (χ2v) is 21.8. The number of benzene rings is 5. The minimum Gasteiger partial charge on any atom is -0.507 e. The SMILES string of the molecule is COc1cccc2c1C(=O)c1c(O)c3c(c(O)c1C2=O)C[C@@](O)(C(=O)CO)C[C@@H]3O[C@H]1C[C@H]2[C@@H](OCN2C(=O)OCc2ccc(NC(=O)OCc3ccc(NC(=O)[C@H](CCCCN)NC(=O)[C@H](Cc4ccccc4)NC(=O)[C@@H](C)N)cc3)cc2)[C@H](C)O1. The Kier molecular flexibility index (Phi) is 19.6. The summed E-state index contributed by atoms with van der Waals surface area (Å²) in [4.78, 5) is 109. The molecule has 5 aromatic rings. The number of phenolic OH excluding ortho intramolecular Hbond substituents is 2. The lowest BCUT2D eigenvalue weighted by molar-refractivity contribution is -0.246. The first kappa shape index (κ1) is 62.7. The van der Waals surface area contributed by atoms with Crippen molar-refractivity contribution in [3.63, 3.8) is 0 Å². The molecular weight excluding hydrogens is 1130 g/mol. The van der Waals surface area contributed by atoms with Crippen molar-refractivity contribution in [1.82, 2.24) is 15.5 Å². The number of fused-ring (bicyclic) bond motifs is 4. The molecule has 0 bridgehead atoms. The van der Waals surface area contributed by atoms with E-state index in [2.05, 4.69) is 21.3 Å². The second kappa shape index (κ2) is 27.3. The summed E-state index contributed by atoms with van der Waals surface area (Å²) >= 11 is 0. The van der Waals surface area contributed by atoms with E-state index in [1.165, 1.54) is 37.1 Å². The van der Waals surface area contributed by atoms with Crippen LogP contribution in [0.2, 0.25) is 0 Å². The number of phenols is 2. The molecule has 2 heterocycles. The summed E-state index contributed by atoms with van der Waals surface area (Å²) in [6, 6.07) is 22.9. The van der Waals surface area contributed by atoms with Crippen LogP contribution < -0.4 is 37.5 Å². The van der Waals surface area contributed by atoms with Crippen LogP contribution in [0.1, 0.15) is 112 Å². The Balaban J connectivity index is 0.775. The van der Waals surface area contributed by atoms with Gasteiger partial charge in [-0.15, -0.1) is 0 Å². The van der Waals surface area contributed by atoms with Crippen molar-refractivity contribution < 1.29 is 87.2 Å². The Morgan fingerprint density at radius 2 is 1.43 bits per heavy atom. The molecule has 25 nitrogen and oxygen atoms in total. The lowest BCUT2D eigenvalue weighted by Gasteiger charge is -2.42. The molecule has 0 saturated carbocycles. The minimum absolute atomic E-state index is 0.0480. The summed E-state index contributed by atoms with van der Waals surface area (Å²) in [5.74, 6) is -5.69. The number of anilines is 2. The zero-order valence-corrected chi connectivity index (χ0v) is 47.9. The molecule has 0 radical (unpaired) electrons. The van der Waals surface area contributed by atoms with Gasteiger partial charge in [0, 0.05) is 53.7 Å². The molecule has 9 rings (SSSR count). The van der Waals surface area contributed by atoms with Crippen LogP contribution in [-0.4, -0.2) is 148 Å². The van der Waals surface area contributed by atoms with Gasteiger partial charge in [-0.05, 0) is 86.7 Å². The van der Waals surface area contributed by atoms with Crippen molar-refractivity contribution in [3.05, 3.63) is 147 Å². The maximum absolute atomic E-state index is 14.1. The Morgan fingerprint density at radius 1 is 0.770 bits per heavy atom. The first-order chi connectivity index (χ1) is 41.7. The maximum Gasteiger partial charge on any atom is 0.412 e. The predicted molar refractivity (Wildman–Crippen MR) is 309 cm³/mol. The summed E-state index contributed by atoms with van der Waals surface area (Å²) in [6.45, 7) is 1.98. The van der Waals surface area contributed by atoms with E-state index in [-0.39, 0.29) is 67.2 Å². The first-order valence-corrected chi connectivity index (χ1v) is 28.3. The zero-order valence-electron chi connectivity index (χ0n) is 47.9. The van der Waals surface area contributed by atoms with Crippen molar-refractivity contribution in [1.29, 1.82) is 0 Å². The molecule has 25 heteroatoms. The number of unbranched alkanes of at least 4 members (excludes halogenated alkanes) is 1. The molecule has 4 aliphatic rings. The van der Waals surface area contributed by atoms with Crippen LogP contribution in [0.5, 0.6) is 17.2 Å². The number of hydrogen-bond acceptors (Lipinski definition) is 20. The topological polar surface area (TPSA) is 376 Å². The third-order valence-corrected chi connectivity index (χ3v) is 15.8. The third kappa shape index (κ3) is 13.9. The molecule has 5 aromatic carbocycles. The van der Waals surface area contributed by atoms with Crippen molar-refractivity contribution in [2.24, 2.45) is 11.5 Å². The smallest absolute Gasteiger partial charge is 0.412 e. The van der Waals surface area contributed by atoms with Gasteiger partial charge in [-0.1, -0.05) is 66.7 Å². The lowest BCUT2D eigenvalue weighted by atomic mass is 9.72. The van der Waals surface area contributed by atoms with Crippen LogP contribution >= 0.6 is 0 Å². The lowest BCUT2D eigenvalue weighted by Crippen LogP contribution is -2.55. The number of aromatic hydroxyl groups is 2. The van der Waals surface area contributed by atoms with E-state index >= 15 is 0 Å². The molecule has 0 spiro atoms. The number of ketones is 3. The van der Waals surface area contributed by atoms with Gasteiger partial charge in [0.1, 0.15) is 67.6 Å². The molecule has 9 atom stereocenters. The highest BCUT2D eigenvalue weighted by molar-refractivity contribution is 6.31. The summed E-state index contributed by atoms with van der Waals surface area (Å²) in [5, 5.41) is 56.3. The van der Waals surface area contributed by atoms with Gasteiger partial charge in [-0.25, -0.2) is 9.59 Å². The van der Waals surface area contributed by atoms with E-state index in [0.717, 1.165) is 5.56 Å². The van der Waals surface area contributed by atoms with Gasteiger partial charge in [0.2, 0.25) is 23.5 Å². The Labute approximate surface area is 499 Å². The molecule has 2 saturated heterocycles. The number of carbonyl (C=O) groups excluding carboxylic acids is 8. The van der Waals surface area contributed by atoms with Crippen molar-refractivity contribution in [2.45, 2.75) is 126 Å². The van der Waals surface area contributed by atoms with Crippen LogP contribution in [0.4, 0.5) is 21.0 Å². The normalized spacial score (nSPS) is 21.1. The van der Waals surface area contributed by atoms with Crippen LogP contribution in [0, 0.1) is 0 Å². The number of nitrogens with two attached hydrogens (primary N) is 2. The van der Waals surface area contributed by atoms with Crippen molar-refractivity contribution in [3.8, 4) is 17.2 Å². The van der Waals surface area contributed by atoms with E-state index in [9.17, 15) is 58.8 Å². The molecule has 5 amide bonds. The number of methoxy groups -OCH3 is 1. The quantitative estimate of drug-likeness (QED) is 0.0338. The number of aliphatic hydroxyl groups excluding tert-OH is 1. The van der Waals surface area contributed by atoms with Gasteiger partial charge in [-0.3, -0.25) is 39.0 Å². The molecule has 460 valence electrons. The number of amides is 5. The average molecular weight is 1200 g/mol. The van der Waals surface area contributed by atoms with Gasteiger partial charge in [0.25, 0.3) is 0 Å². The monoisotopic (exact) mass is 1200 g/mol. The highest BCUT2D eigenvalue weighted by atomic mass is 16.7. The van der Waals surface area contributed by atoms with E-state index in [0.29, 0.717) is 41.9 Å². The summed E-state index contributed by atoms with van der Waals surface area (Å²) in [6.07, 6.45) is -5.28. The van der Waals surface area contributed by atoms with Crippen LogP contribution in [0.25, 0.3) is 0 Å². The predicted octanol–water partition coefficient (Wildman–Crippen LogP) is 4.05. The number of rotatable bonds is 22. The van der Waals surface area contributed by atoms with Crippen molar-refractivity contribution in [2.75, 3.05) is 37.6 Å². The molecule has 2 fully saturated rings.